The smallest absolute Gasteiger partial charge is 0.167 e. The van der Waals surface area contributed by atoms with E-state index in [-0.39, 0.29) is 5.05 Å². The van der Waals surface area contributed by atoms with Crippen LogP contribution >= 0.6 is 36.6 Å². The van der Waals surface area contributed by atoms with Gasteiger partial charge in [0.25, 0.3) is 0 Å². The monoisotopic (exact) mass is 216 g/mol. The SMILES string of the molecule is OC(=S)CSc1[c]nccc1S. The second kappa shape index (κ2) is 4.69. The van der Waals surface area contributed by atoms with Gasteiger partial charge in [0.05, 0.1) is 5.75 Å². The number of pyridine rings is 1. The van der Waals surface area contributed by atoms with Gasteiger partial charge in [-0.1, -0.05) is 0 Å². The van der Waals surface area contributed by atoms with E-state index in [1.165, 1.54) is 11.8 Å². The lowest BCUT2D eigenvalue weighted by molar-refractivity contribution is 0.566. The molecule has 1 aromatic heterocycles. The van der Waals surface area contributed by atoms with E-state index in [1.807, 2.05) is 0 Å². The Morgan fingerprint density at radius 3 is 3.17 bits per heavy atom. The first-order valence-corrected chi connectivity index (χ1v) is 4.94. The highest BCUT2D eigenvalue weighted by molar-refractivity contribution is 8.01. The lowest BCUT2D eigenvalue weighted by Crippen LogP contribution is -1.94. The van der Waals surface area contributed by atoms with Gasteiger partial charge in [-0.3, -0.25) is 4.98 Å². The Bertz CT molecular complexity index is 290. The summed E-state index contributed by atoms with van der Waals surface area (Å²) in [6, 6.07) is 1.77. The normalized spacial score (nSPS) is 9.75. The number of rotatable bonds is 3. The summed E-state index contributed by atoms with van der Waals surface area (Å²) in [6.07, 6.45) is 4.37. The van der Waals surface area contributed by atoms with Crippen LogP contribution in [0, 0.1) is 6.20 Å². The van der Waals surface area contributed by atoms with Crippen molar-refractivity contribution in [1.82, 2.24) is 4.98 Å². The van der Waals surface area contributed by atoms with Crippen LogP contribution in [-0.4, -0.2) is 20.9 Å². The van der Waals surface area contributed by atoms with Gasteiger partial charge in [0, 0.05) is 16.0 Å². The number of aliphatic hydroxyl groups is 1. The minimum Gasteiger partial charge on any atom is -0.501 e. The van der Waals surface area contributed by atoms with Gasteiger partial charge in [-0.05, 0) is 18.3 Å². The lowest BCUT2D eigenvalue weighted by Gasteiger charge is -2.00. The van der Waals surface area contributed by atoms with Crippen molar-refractivity contribution in [3.05, 3.63) is 18.5 Å². The average Bonchev–Trinajstić information content (AvgIpc) is 2.03. The minimum atomic E-state index is -0.0232. The van der Waals surface area contributed by atoms with Crippen molar-refractivity contribution in [2.75, 3.05) is 5.75 Å². The number of thiol groups is 1. The van der Waals surface area contributed by atoms with Crippen molar-refractivity contribution >= 4 is 41.7 Å². The van der Waals surface area contributed by atoms with Crippen molar-refractivity contribution in [3.8, 4) is 0 Å². The van der Waals surface area contributed by atoms with Gasteiger partial charge in [0.15, 0.2) is 5.05 Å². The Kier molecular flexibility index (Phi) is 3.84. The van der Waals surface area contributed by atoms with Crippen molar-refractivity contribution < 1.29 is 5.11 Å². The van der Waals surface area contributed by atoms with E-state index in [4.69, 9.17) is 5.11 Å². The van der Waals surface area contributed by atoms with E-state index in [1.54, 1.807) is 12.3 Å². The van der Waals surface area contributed by atoms with Crippen LogP contribution in [-0.2, 0) is 0 Å². The molecule has 2 nitrogen and oxygen atoms in total. The molecule has 1 aromatic rings. The van der Waals surface area contributed by atoms with Gasteiger partial charge in [-0.2, -0.15) is 0 Å². The van der Waals surface area contributed by atoms with Crippen molar-refractivity contribution in [3.63, 3.8) is 0 Å². The van der Waals surface area contributed by atoms with Crippen LogP contribution in [0.5, 0.6) is 0 Å². The summed E-state index contributed by atoms with van der Waals surface area (Å²) in [5, 5.41) is 8.73. The maximum Gasteiger partial charge on any atom is 0.167 e. The Morgan fingerprint density at radius 2 is 2.58 bits per heavy atom. The molecule has 0 aromatic carbocycles. The van der Waals surface area contributed by atoms with Gasteiger partial charge in [-0.25, -0.2) is 0 Å². The van der Waals surface area contributed by atoms with Crippen LogP contribution in [0.4, 0.5) is 0 Å². The molecule has 5 heteroatoms. The first-order valence-electron chi connectivity index (χ1n) is 3.10. The summed E-state index contributed by atoms with van der Waals surface area (Å²) in [5.74, 6) is 0.380. The number of aromatic nitrogens is 1. The quantitative estimate of drug-likeness (QED) is 0.461. The summed E-state index contributed by atoms with van der Waals surface area (Å²) >= 11 is 10.1. The molecule has 0 spiro atoms. The number of hydrogen-bond acceptors (Lipinski definition) is 4. The third-order valence-electron chi connectivity index (χ3n) is 1.05. The van der Waals surface area contributed by atoms with E-state index in [0.29, 0.717) is 5.75 Å². The first kappa shape index (κ1) is 9.83. The fraction of sp³-hybridized carbons (Fsp3) is 0.143. The molecule has 12 heavy (non-hydrogen) atoms. The van der Waals surface area contributed by atoms with Crippen LogP contribution in [0.2, 0.25) is 0 Å². The Labute approximate surface area is 85.8 Å². The molecule has 0 aliphatic carbocycles. The summed E-state index contributed by atoms with van der Waals surface area (Å²) in [4.78, 5) is 5.40. The molecule has 0 saturated heterocycles. The predicted molar refractivity (Wildman–Crippen MR) is 56.3 cm³/mol. The standard InChI is InChI=1S/C7H6NOS3/c9-7(11)4-12-6-3-8-2-1-5(6)10/h1-2H,4H2,(H,8,10)(H,9,11). The molecule has 0 saturated carbocycles. The highest BCUT2D eigenvalue weighted by atomic mass is 32.2. The van der Waals surface area contributed by atoms with E-state index in [0.717, 1.165) is 9.79 Å². The van der Waals surface area contributed by atoms with Crippen LogP contribution in [0.1, 0.15) is 0 Å². The van der Waals surface area contributed by atoms with Gasteiger partial charge in [-0.15, -0.1) is 24.4 Å². The second-order valence-electron chi connectivity index (χ2n) is 1.95. The van der Waals surface area contributed by atoms with Gasteiger partial charge in [0.2, 0.25) is 0 Å². The van der Waals surface area contributed by atoms with Crippen LogP contribution in [0.3, 0.4) is 0 Å². The molecule has 0 aliphatic heterocycles. The fourth-order valence-corrected chi connectivity index (χ4v) is 1.66. The lowest BCUT2D eigenvalue weighted by atomic mass is 10.5. The molecule has 63 valence electrons. The zero-order chi connectivity index (χ0) is 8.97. The molecule has 1 rings (SSSR count). The number of thiocarbonyl (C=S) groups is 1. The molecule has 0 unspecified atom stereocenters. The largest absolute Gasteiger partial charge is 0.501 e. The second-order valence-corrected chi connectivity index (χ2v) is 3.89. The third kappa shape index (κ3) is 3.00. The summed E-state index contributed by atoms with van der Waals surface area (Å²) in [7, 11) is 0. The zero-order valence-corrected chi connectivity index (χ0v) is 8.55. The molecular formula is C7H6NOS3. The van der Waals surface area contributed by atoms with Crippen molar-refractivity contribution in [2.24, 2.45) is 0 Å². The molecule has 0 fully saturated rings. The van der Waals surface area contributed by atoms with E-state index < -0.39 is 0 Å². The minimum absolute atomic E-state index is 0.0232. The van der Waals surface area contributed by atoms with E-state index >= 15 is 0 Å². The topological polar surface area (TPSA) is 33.1 Å². The molecule has 1 N–H and O–H groups in total. The number of hydrogen-bond donors (Lipinski definition) is 2. The maximum atomic E-state index is 8.76. The zero-order valence-electron chi connectivity index (χ0n) is 6.02. The number of thioether (sulfide) groups is 1. The van der Waals surface area contributed by atoms with E-state index in [2.05, 4.69) is 36.0 Å². The van der Waals surface area contributed by atoms with Crippen LogP contribution in [0.15, 0.2) is 22.1 Å². The summed E-state index contributed by atoms with van der Waals surface area (Å²) < 4.78 is 0. The number of aliphatic hydroxyl groups excluding tert-OH is 1. The Hall–Kier alpha value is -0.260. The fourth-order valence-electron chi connectivity index (χ4n) is 0.577. The molecule has 0 amide bonds. The maximum absolute atomic E-state index is 8.76. The molecule has 0 atom stereocenters. The average molecular weight is 216 g/mol. The predicted octanol–water partition coefficient (Wildman–Crippen LogP) is 2.15. The highest BCUT2D eigenvalue weighted by Gasteiger charge is 2.00. The molecule has 0 bridgehead atoms. The Morgan fingerprint density at radius 1 is 1.83 bits per heavy atom. The van der Waals surface area contributed by atoms with Crippen molar-refractivity contribution in [2.45, 2.75) is 9.79 Å². The Balaban J connectivity index is 2.63. The molecular weight excluding hydrogens is 210 g/mol. The van der Waals surface area contributed by atoms with Crippen LogP contribution < -0.4 is 0 Å². The van der Waals surface area contributed by atoms with Gasteiger partial charge < -0.3 is 5.11 Å². The van der Waals surface area contributed by atoms with E-state index in [9.17, 15) is 0 Å². The third-order valence-corrected chi connectivity index (χ3v) is 2.91. The van der Waals surface area contributed by atoms with Gasteiger partial charge >= 0.3 is 0 Å². The molecule has 1 heterocycles. The van der Waals surface area contributed by atoms with Crippen molar-refractivity contribution in [1.29, 1.82) is 0 Å². The summed E-state index contributed by atoms with van der Waals surface area (Å²) in [6.45, 7) is 0. The highest BCUT2D eigenvalue weighted by Crippen LogP contribution is 2.23. The molecule has 0 aliphatic rings. The van der Waals surface area contributed by atoms with Gasteiger partial charge in [0.1, 0.15) is 6.20 Å². The number of nitrogens with zero attached hydrogens (tertiary/aromatic N) is 1. The first-order chi connectivity index (χ1) is 5.70. The summed E-state index contributed by atoms with van der Waals surface area (Å²) in [5.41, 5.74) is 0. The van der Waals surface area contributed by atoms with Crippen LogP contribution in [0.25, 0.3) is 0 Å². The molecule has 1 radical (unpaired) electrons.